The zero-order valence-electron chi connectivity index (χ0n) is 67.8. The van der Waals surface area contributed by atoms with E-state index in [1.54, 1.807) is 66.9 Å². The summed E-state index contributed by atoms with van der Waals surface area (Å²) >= 11 is 3.71. The predicted octanol–water partition coefficient (Wildman–Crippen LogP) is 14.1. The molecule has 130 heavy (non-hydrogen) atoms. The van der Waals surface area contributed by atoms with Crippen LogP contribution < -0.4 is 10.1 Å². The molecule has 34 nitrogen and oxygen atoms in total. The third kappa shape index (κ3) is 25.8. The Labute approximate surface area is 757 Å². The van der Waals surface area contributed by atoms with Gasteiger partial charge in [-0.05, 0) is 200 Å². The van der Waals surface area contributed by atoms with Crippen molar-refractivity contribution in [1.29, 1.82) is 0 Å². The highest BCUT2D eigenvalue weighted by atomic mass is 32.2. The SMILES string of the molecule is Cc1ccc(/C=C2\NC(=O)N(CC(=O)O)C2=O)cc1.Cc1ccc(/C=C2\SC(=O)N(CC(=O)O)C2=O)cn1.O=C(O)CN1C(=O)S/C(=C\c2ccc(OCc3ccccc3)cc2)C1=O.O=C(O)CN1C(=O)S/C(=C\c2ccc3ccccc3c2)C1=O.O=C(O)CN1C(=O)S/C(=C\c2ccc3ccccc3n2)C1=O.O=C(O)CN1C(=O)S/C(=C\c2cccc3ccccc23)C1=O. The lowest BCUT2D eigenvalue weighted by molar-refractivity contribution is -0.141. The average Bonchev–Trinajstić information content (AvgIpc) is 1.69. The van der Waals surface area contributed by atoms with Crippen molar-refractivity contribution in [2.75, 3.05) is 39.3 Å². The Kier molecular flexibility index (Phi) is 32.1. The Morgan fingerprint density at radius 1 is 0.354 bits per heavy atom. The van der Waals surface area contributed by atoms with Crippen LogP contribution in [-0.2, 0) is 64.1 Å². The van der Waals surface area contributed by atoms with E-state index in [1.807, 2.05) is 184 Å². The first-order valence-electron chi connectivity index (χ1n) is 38.1. The van der Waals surface area contributed by atoms with Crippen LogP contribution in [0.25, 0.3) is 68.9 Å². The number of urea groups is 1. The fourth-order valence-electron chi connectivity index (χ4n) is 12.1. The first-order valence-corrected chi connectivity index (χ1v) is 42.2. The molecule has 6 aliphatic heterocycles. The number of aromatic nitrogens is 2. The lowest BCUT2D eigenvalue weighted by atomic mass is 10.0. The third-order valence-electron chi connectivity index (χ3n) is 18.2. The molecule has 39 heteroatoms. The van der Waals surface area contributed by atoms with E-state index in [4.69, 9.17) is 35.4 Å². The molecule has 6 aliphatic rings. The summed E-state index contributed by atoms with van der Waals surface area (Å²) in [5, 5.41) is 56.8. The van der Waals surface area contributed by atoms with Crippen molar-refractivity contribution in [2.45, 2.75) is 20.5 Å². The number of hydrogen-bond acceptors (Lipinski definition) is 26. The number of carbonyl (C=O) groups excluding carboxylic acids is 12. The lowest BCUT2D eigenvalue weighted by Gasteiger charge is -2.08. The summed E-state index contributed by atoms with van der Waals surface area (Å²) in [4.78, 5) is 220. The molecule has 8 aromatic carbocycles. The summed E-state index contributed by atoms with van der Waals surface area (Å²) in [6, 6.07) is 65.1. The van der Waals surface area contributed by atoms with Crippen molar-refractivity contribution >= 4 is 231 Å². The minimum atomic E-state index is -1.24. The molecule has 0 aliphatic carbocycles. The normalized spacial score (nSPS) is 16.6. The lowest BCUT2D eigenvalue weighted by Crippen LogP contribution is -2.35. The number of nitrogens with zero attached hydrogens (tertiary/aromatic N) is 8. The third-order valence-corrected chi connectivity index (χ3v) is 22.8. The second-order valence-corrected chi connectivity index (χ2v) is 32.6. The van der Waals surface area contributed by atoms with Crippen LogP contribution in [0.1, 0.15) is 50.3 Å². The van der Waals surface area contributed by atoms with Crippen LogP contribution in [0.4, 0.5) is 28.8 Å². The molecule has 16 rings (SSSR count). The van der Waals surface area contributed by atoms with E-state index >= 15 is 0 Å². The summed E-state index contributed by atoms with van der Waals surface area (Å²) in [5.74, 6) is -10.2. The van der Waals surface area contributed by atoms with Crippen molar-refractivity contribution in [2.24, 2.45) is 0 Å². The number of carboxylic acid groups (broad SMARTS) is 6. The maximum Gasteiger partial charge on any atom is 0.329 e. The van der Waals surface area contributed by atoms with Gasteiger partial charge in [0.2, 0.25) is 0 Å². The van der Waals surface area contributed by atoms with Gasteiger partial charge in [0.1, 0.15) is 57.3 Å². The van der Waals surface area contributed by atoms with Crippen molar-refractivity contribution in [3.63, 3.8) is 0 Å². The second kappa shape index (κ2) is 43.9. The van der Waals surface area contributed by atoms with Crippen LogP contribution in [-0.4, -0.2) is 213 Å². The number of carboxylic acids is 6. The van der Waals surface area contributed by atoms with Gasteiger partial charge in [-0.2, -0.15) is 0 Å². The van der Waals surface area contributed by atoms with Gasteiger partial charge in [0.25, 0.3) is 61.6 Å². The van der Waals surface area contributed by atoms with Crippen molar-refractivity contribution in [3.8, 4) is 5.75 Å². The Morgan fingerprint density at radius 2 is 0.746 bits per heavy atom. The maximum atomic E-state index is 12.1. The molecule has 0 spiro atoms. The number of carbonyl (C=O) groups is 18. The number of ether oxygens (including phenoxy) is 1. The number of thioether (sulfide) groups is 5. The summed E-state index contributed by atoms with van der Waals surface area (Å²) in [7, 11) is 0. The number of nitrogens with one attached hydrogen (secondary N) is 1. The molecule has 7 N–H and O–H groups in total. The first-order chi connectivity index (χ1) is 62.1. The summed E-state index contributed by atoms with van der Waals surface area (Å²) in [6.07, 6.45) is 10.9. The van der Waals surface area contributed by atoms with Gasteiger partial charge in [-0.25, -0.2) is 14.7 Å². The van der Waals surface area contributed by atoms with Crippen molar-refractivity contribution in [3.05, 3.63) is 299 Å². The van der Waals surface area contributed by atoms with E-state index in [9.17, 15) is 86.3 Å². The molecule has 0 atom stereocenters. The number of para-hydroxylation sites is 1. The van der Waals surface area contributed by atoms with Gasteiger partial charge < -0.3 is 40.7 Å². The fourth-order valence-corrected chi connectivity index (χ4v) is 16.2. The summed E-state index contributed by atoms with van der Waals surface area (Å²) in [6.45, 7) is 0.482. The minimum Gasteiger partial charge on any atom is -0.489 e. The number of hydrogen-bond donors (Lipinski definition) is 7. The molecule has 2 aromatic heterocycles. The molecule has 0 unspecified atom stereocenters. The number of aliphatic carboxylic acids is 6. The van der Waals surface area contributed by atoms with Crippen LogP contribution in [0, 0.1) is 13.8 Å². The molecule has 0 bridgehead atoms. The number of fused-ring (bicyclic) bond motifs is 3. The standard InChI is InChI=1S/C19H15NO5S.2C16H11NO4S.C15H10N2O4S.C13H12N2O4.C12H10N2O4S/c21-17(22)11-20-18(23)16(26-19(20)24)10-13-6-8-15(9-7-13)25-12-14-4-2-1-3-5-14;18-14(19)9-17-15(20)13(22-16(17)21)8-11-6-3-5-10-4-1-2-7-12(10)11;18-14(19)9-17-15(20)13(22-16(17)21)8-10-5-6-11-3-1-2-4-12(11)7-10;18-13(19)8-17-14(20)12(22-15(17)21)7-10-6-5-9-3-1-2-4-11(9)16-10;1-8-2-4-9(5-3-8)6-10-12(18)15(7-11(16)17)13(19)14-10;1-7-2-3-8(5-13-7)4-9-11(17)14(6-10(15)16)12(18)19-9/h1-10H,11-12H2,(H,21,22);2*1-8H,9H2,(H,18,19);1-7H,8H2,(H,18,19);2-6H,7H2,1H3,(H,14,19)(H,16,17);2-5H,6H2,1H3,(H,15,16)/b16-10-;2*13-8-;12-7-;10-6-;9-4-. The van der Waals surface area contributed by atoms with E-state index in [0.717, 1.165) is 145 Å². The quantitative estimate of drug-likeness (QED) is 0.0259. The molecule has 6 fully saturated rings. The van der Waals surface area contributed by atoms with Crippen LogP contribution >= 0.6 is 58.8 Å². The Hall–Kier alpha value is -15.7. The first kappa shape index (κ1) is 95.0. The fraction of sp³-hybridized carbons (Fsp3) is 0.0989. The zero-order chi connectivity index (χ0) is 93.6. The number of pyridine rings is 2. The van der Waals surface area contributed by atoms with Gasteiger partial charge in [0, 0.05) is 17.3 Å². The van der Waals surface area contributed by atoms with Gasteiger partial charge >= 0.3 is 41.8 Å². The minimum absolute atomic E-state index is 0.0788. The number of aryl methyl sites for hydroxylation is 2. The van der Waals surface area contributed by atoms with Gasteiger partial charge in [-0.1, -0.05) is 181 Å². The second-order valence-electron chi connectivity index (χ2n) is 27.7. The summed E-state index contributed by atoms with van der Waals surface area (Å²) in [5.41, 5.74) is 8.15. The van der Waals surface area contributed by atoms with Gasteiger partial charge in [0.15, 0.2) is 0 Å². The van der Waals surface area contributed by atoms with Crippen molar-refractivity contribution in [1.82, 2.24) is 44.7 Å². The Morgan fingerprint density at radius 3 is 1.25 bits per heavy atom. The molecular weight excluding hydrogens is 1780 g/mol. The summed E-state index contributed by atoms with van der Waals surface area (Å²) < 4.78 is 5.70. The zero-order valence-corrected chi connectivity index (χ0v) is 71.8. The number of benzene rings is 8. The van der Waals surface area contributed by atoms with E-state index in [1.165, 1.54) is 18.2 Å². The van der Waals surface area contributed by atoms with Crippen LogP contribution in [0.15, 0.2) is 249 Å². The maximum absolute atomic E-state index is 12.1. The van der Waals surface area contributed by atoms with E-state index in [0.29, 0.717) is 38.3 Å². The number of amides is 13. The van der Waals surface area contributed by atoms with E-state index in [-0.39, 0.29) is 30.2 Å². The predicted molar refractivity (Wildman–Crippen MR) is 484 cm³/mol. The smallest absolute Gasteiger partial charge is 0.329 e. The highest BCUT2D eigenvalue weighted by Gasteiger charge is 2.41. The Bertz CT molecular complexity index is 6240. The topological polar surface area (TPSA) is 495 Å². The molecule has 0 radical (unpaired) electrons. The monoisotopic (exact) mass is 1850 g/mol. The largest absolute Gasteiger partial charge is 0.489 e. The molecule has 0 saturated carbocycles. The van der Waals surface area contributed by atoms with Crippen LogP contribution in [0.2, 0.25) is 0 Å². The van der Waals surface area contributed by atoms with Crippen molar-refractivity contribution < 1.29 is 122 Å². The van der Waals surface area contributed by atoms with Crippen LogP contribution in [0.3, 0.4) is 0 Å². The highest BCUT2D eigenvalue weighted by Crippen LogP contribution is 2.38. The van der Waals surface area contributed by atoms with E-state index < -0.39 is 143 Å². The van der Waals surface area contributed by atoms with E-state index in [2.05, 4.69) is 15.3 Å². The molecule has 658 valence electrons. The average molecular weight is 1850 g/mol. The van der Waals surface area contributed by atoms with Gasteiger partial charge in [-0.15, -0.1) is 0 Å². The van der Waals surface area contributed by atoms with Gasteiger partial charge in [-0.3, -0.25) is 111 Å². The highest BCUT2D eigenvalue weighted by molar-refractivity contribution is 8.19. The molecule has 10 aromatic rings. The number of imide groups is 6. The Balaban J connectivity index is 0.000000151. The molecule has 6 saturated heterocycles. The van der Waals surface area contributed by atoms with Gasteiger partial charge in [0.05, 0.1) is 35.7 Å². The molecular formula is C91H69N9O25S5. The number of rotatable bonds is 21. The molecule has 8 heterocycles. The molecule has 13 amide bonds. The van der Waals surface area contributed by atoms with Crippen LogP contribution in [0.5, 0.6) is 5.75 Å².